The van der Waals surface area contributed by atoms with Gasteiger partial charge in [-0.1, -0.05) is 18.2 Å². The smallest absolute Gasteiger partial charge is 0.270 e. The molecular weight excluding hydrogens is 378 g/mol. The summed E-state index contributed by atoms with van der Waals surface area (Å²) in [5, 5.41) is 4.21. The molecule has 2 amide bonds. The first-order valence-electron chi connectivity index (χ1n) is 11.0. The number of hydrogen-bond donors (Lipinski definition) is 2. The predicted molar refractivity (Wildman–Crippen MR) is 114 cm³/mol. The minimum absolute atomic E-state index is 0.0282. The van der Waals surface area contributed by atoms with Gasteiger partial charge in [-0.2, -0.15) is 0 Å². The largest absolute Gasteiger partial charge is 0.489 e. The van der Waals surface area contributed by atoms with Crippen LogP contribution in [0.15, 0.2) is 30.3 Å². The van der Waals surface area contributed by atoms with Crippen LogP contribution in [0, 0.1) is 23.2 Å². The molecule has 2 aromatic rings. The van der Waals surface area contributed by atoms with Gasteiger partial charge in [0.15, 0.2) is 0 Å². The van der Waals surface area contributed by atoms with Crippen LogP contribution in [0.2, 0.25) is 0 Å². The van der Waals surface area contributed by atoms with Crippen LogP contribution in [-0.2, 0) is 4.79 Å². The van der Waals surface area contributed by atoms with Gasteiger partial charge >= 0.3 is 0 Å². The van der Waals surface area contributed by atoms with Crippen LogP contribution in [0.1, 0.15) is 56.4 Å². The predicted octanol–water partition coefficient (Wildman–Crippen LogP) is 3.43. The third kappa shape index (κ3) is 3.13. The maximum Gasteiger partial charge on any atom is 0.270 e. The summed E-state index contributed by atoms with van der Waals surface area (Å²) in [5.41, 5.74) is 6.55. The lowest BCUT2D eigenvalue weighted by atomic mass is 9.47. The fraction of sp³-hybridized carbons (Fsp3) is 0.542. The number of fused-ring (bicyclic) bond motifs is 1. The van der Waals surface area contributed by atoms with E-state index in [0.29, 0.717) is 34.7 Å². The van der Waals surface area contributed by atoms with Crippen molar-refractivity contribution in [2.75, 3.05) is 0 Å². The van der Waals surface area contributed by atoms with Crippen LogP contribution in [0.25, 0.3) is 10.9 Å². The van der Waals surface area contributed by atoms with Gasteiger partial charge in [-0.25, -0.2) is 4.98 Å². The lowest BCUT2D eigenvalue weighted by Gasteiger charge is -2.58. The van der Waals surface area contributed by atoms with Crippen molar-refractivity contribution in [1.82, 2.24) is 10.3 Å². The molecule has 3 N–H and O–H groups in total. The van der Waals surface area contributed by atoms with E-state index >= 15 is 0 Å². The molecule has 6 rings (SSSR count). The van der Waals surface area contributed by atoms with Gasteiger partial charge in [0.1, 0.15) is 17.0 Å². The first-order chi connectivity index (χ1) is 14.3. The molecule has 0 spiro atoms. The van der Waals surface area contributed by atoms with E-state index in [-0.39, 0.29) is 29.4 Å². The van der Waals surface area contributed by atoms with Crippen LogP contribution in [0.4, 0.5) is 0 Å². The second kappa shape index (κ2) is 6.96. The number of pyridine rings is 1. The Morgan fingerprint density at radius 2 is 1.87 bits per heavy atom. The van der Waals surface area contributed by atoms with Crippen molar-refractivity contribution in [2.45, 2.75) is 58.1 Å². The maximum absolute atomic E-state index is 13.1. The number of primary amides is 1. The summed E-state index contributed by atoms with van der Waals surface area (Å²) in [5.74, 6) is 1.61. The van der Waals surface area contributed by atoms with Gasteiger partial charge < -0.3 is 15.8 Å². The van der Waals surface area contributed by atoms with Crippen LogP contribution in [0.3, 0.4) is 0 Å². The Morgan fingerprint density at radius 1 is 1.13 bits per heavy atom. The van der Waals surface area contributed by atoms with Gasteiger partial charge in [-0.3, -0.25) is 9.59 Å². The minimum Gasteiger partial charge on any atom is -0.489 e. The monoisotopic (exact) mass is 407 g/mol. The molecule has 4 aliphatic rings. The lowest BCUT2D eigenvalue weighted by Crippen LogP contribution is -2.62. The number of hydrogen-bond acceptors (Lipinski definition) is 4. The number of rotatable bonds is 5. The summed E-state index contributed by atoms with van der Waals surface area (Å²) in [6, 6.07) is 9.59. The van der Waals surface area contributed by atoms with Crippen LogP contribution < -0.4 is 15.8 Å². The number of amides is 2. The summed E-state index contributed by atoms with van der Waals surface area (Å²) >= 11 is 0. The van der Waals surface area contributed by atoms with Gasteiger partial charge in [0, 0.05) is 16.8 Å². The van der Waals surface area contributed by atoms with Crippen molar-refractivity contribution in [1.29, 1.82) is 0 Å². The molecule has 6 heteroatoms. The zero-order valence-electron chi connectivity index (χ0n) is 17.6. The summed E-state index contributed by atoms with van der Waals surface area (Å²) in [4.78, 5) is 29.9. The van der Waals surface area contributed by atoms with Gasteiger partial charge in [0.25, 0.3) is 5.91 Å². The molecule has 0 aliphatic heterocycles. The van der Waals surface area contributed by atoms with Crippen molar-refractivity contribution in [2.24, 2.45) is 28.9 Å². The standard InChI is InChI=1S/C24H29N3O3/c1-13(2)30-19-5-3-4-15-6-7-18(26-21(15)19)22(28)27-20-16-8-14-9-17(20)12-24(10-14,11-16)23(25)29/h3-7,13-14,16-17,20H,8-12H2,1-2H3,(H2,25,29)(H,27,28). The Kier molecular flexibility index (Phi) is 4.49. The first kappa shape index (κ1) is 19.3. The van der Waals surface area contributed by atoms with E-state index in [9.17, 15) is 9.59 Å². The van der Waals surface area contributed by atoms with E-state index in [1.165, 1.54) is 0 Å². The quantitative estimate of drug-likeness (QED) is 0.794. The number of nitrogens with zero attached hydrogens (tertiary/aromatic N) is 1. The molecule has 4 fully saturated rings. The molecule has 2 atom stereocenters. The molecule has 4 saturated carbocycles. The Balaban J connectivity index is 1.38. The molecule has 4 aliphatic carbocycles. The number of aromatic nitrogens is 1. The van der Waals surface area contributed by atoms with E-state index in [1.807, 2.05) is 38.1 Å². The SMILES string of the molecule is CC(C)Oc1cccc2ccc(C(=O)NC3C4CC5CC3CC(C(N)=O)(C5)C4)nc12. The molecule has 6 nitrogen and oxygen atoms in total. The molecule has 30 heavy (non-hydrogen) atoms. The molecular formula is C24H29N3O3. The highest BCUT2D eigenvalue weighted by atomic mass is 16.5. The number of benzene rings is 1. The molecule has 1 aromatic carbocycles. The Hall–Kier alpha value is -2.63. The summed E-state index contributed by atoms with van der Waals surface area (Å²) < 4.78 is 5.88. The zero-order valence-corrected chi connectivity index (χ0v) is 17.6. The average molecular weight is 408 g/mol. The Morgan fingerprint density at radius 3 is 2.53 bits per heavy atom. The Labute approximate surface area is 176 Å². The third-order valence-electron chi connectivity index (χ3n) is 7.37. The van der Waals surface area contributed by atoms with Crippen molar-refractivity contribution in [3.05, 3.63) is 36.0 Å². The summed E-state index contributed by atoms with van der Waals surface area (Å²) in [6.07, 6.45) is 4.72. The third-order valence-corrected chi connectivity index (χ3v) is 7.37. The van der Waals surface area contributed by atoms with Crippen LogP contribution in [-0.4, -0.2) is 28.9 Å². The second-order valence-electron chi connectivity index (χ2n) is 9.80. The van der Waals surface area contributed by atoms with E-state index < -0.39 is 0 Å². The van der Waals surface area contributed by atoms with Crippen molar-refractivity contribution in [3.8, 4) is 5.75 Å². The highest BCUT2D eigenvalue weighted by Crippen LogP contribution is 2.59. The molecule has 0 saturated heterocycles. The fourth-order valence-electron chi connectivity index (χ4n) is 6.38. The van der Waals surface area contributed by atoms with Crippen molar-refractivity contribution < 1.29 is 14.3 Å². The molecule has 1 heterocycles. The van der Waals surface area contributed by atoms with E-state index in [1.54, 1.807) is 6.07 Å². The normalized spacial score (nSPS) is 31.8. The van der Waals surface area contributed by atoms with E-state index in [4.69, 9.17) is 10.5 Å². The zero-order chi connectivity index (χ0) is 21.0. The van der Waals surface area contributed by atoms with Gasteiger partial charge in [-0.15, -0.1) is 0 Å². The molecule has 1 aromatic heterocycles. The Bertz CT molecular complexity index is 1000. The van der Waals surface area contributed by atoms with Crippen molar-refractivity contribution >= 4 is 22.7 Å². The van der Waals surface area contributed by atoms with Crippen LogP contribution >= 0.6 is 0 Å². The number of carbonyl (C=O) groups excluding carboxylic acids is 2. The molecule has 2 unspecified atom stereocenters. The van der Waals surface area contributed by atoms with E-state index in [2.05, 4.69) is 10.3 Å². The minimum atomic E-state index is -0.345. The fourth-order valence-corrected chi connectivity index (χ4v) is 6.38. The number of nitrogens with one attached hydrogen (secondary N) is 1. The summed E-state index contributed by atoms with van der Waals surface area (Å²) in [6.45, 7) is 3.95. The number of para-hydroxylation sites is 1. The lowest BCUT2D eigenvalue weighted by molar-refractivity contribution is -0.145. The molecule has 4 bridgehead atoms. The maximum atomic E-state index is 13.1. The molecule has 158 valence electrons. The number of nitrogens with two attached hydrogens (primary N) is 1. The van der Waals surface area contributed by atoms with Gasteiger partial charge in [0.2, 0.25) is 5.91 Å². The molecule has 0 radical (unpaired) electrons. The van der Waals surface area contributed by atoms with Crippen LogP contribution in [0.5, 0.6) is 5.75 Å². The van der Waals surface area contributed by atoms with Gasteiger partial charge in [-0.05, 0) is 75.8 Å². The highest BCUT2D eigenvalue weighted by Gasteiger charge is 2.58. The average Bonchev–Trinajstić information content (AvgIpc) is 2.69. The topological polar surface area (TPSA) is 94.3 Å². The number of ether oxygens (including phenoxy) is 1. The second-order valence-corrected chi connectivity index (χ2v) is 9.80. The highest BCUT2D eigenvalue weighted by molar-refractivity contribution is 5.96. The summed E-state index contributed by atoms with van der Waals surface area (Å²) in [7, 11) is 0. The first-order valence-corrected chi connectivity index (χ1v) is 11.0. The number of carbonyl (C=O) groups is 2. The van der Waals surface area contributed by atoms with E-state index in [0.717, 1.165) is 37.5 Å². The van der Waals surface area contributed by atoms with Crippen molar-refractivity contribution in [3.63, 3.8) is 0 Å². The van der Waals surface area contributed by atoms with Gasteiger partial charge in [0.05, 0.1) is 6.10 Å².